The number of pyridine rings is 1. The van der Waals surface area contributed by atoms with Gasteiger partial charge in [0.2, 0.25) is 0 Å². The van der Waals surface area contributed by atoms with Crippen LogP contribution < -0.4 is 5.32 Å². The summed E-state index contributed by atoms with van der Waals surface area (Å²) in [5.74, 6) is -0.835. The number of Topliss-reactive ketones (excluding diaryl/α,β-unsaturated/α-hetero) is 1. The van der Waals surface area contributed by atoms with Gasteiger partial charge in [-0.25, -0.2) is 9.37 Å². The molecule has 1 aromatic heterocycles. The van der Waals surface area contributed by atoms with Crippen LogP contribution in [0.25, 0.3) is 0 Å². The smallest absolute Gasteiger partial charge is 0.257 e. The molecule has 1 aliphatic rings. The monoisotopic (exact) mass is 522 g/mol. The Labute approximate surface area is 205 Å². The van der Waals surface area contributed by atoms with Gasteiger partial charge in [-0.2, -0.15) is 0 Å². The fourth-order valence-electron chi connectivity index (χ4n) is 3.99. The zero-order valence-corrected chi connectivity index (χ0v) is 20.1. The second kappa shape index (κ2) is 10.7. The van der Waals surface area contributed by atoms with Gasteiger partial charge in [-0.05, 0) is 71.1 Å². The van der Waals surface area contributed by atoms with E-state index in [1.54, 1.807) is 48.7 Å². The van der Waals surface area contributed by atoms with E-state index in [0.29, 0.717) is 22.5 Å². The lowest BCUT2D eigenvalue weighted by atomic mass is 9.97. The van der Waals surface area contributed by atoms with Crippen LogP contribution in [0.2, 0.25) is 0 Å². The summed E-state index contributed by atoms with van der Waals surface area (Å²) >= 11 is 3.30. The van der Waals surface area contributed by atoms with E-state index in [4.69, 9.17) is 5.41 Å². The van der Waals surface area contributed by atoms with Crippen LogP contribution in [0.1, 0.15) is 51.1 Å². The molecule has 2 aromatic carbocycles. The highest BCUT2D eigenvalue weighted by Gasteiger charge is 2.20. The van der Waals surface area contributed by atoms with Crippen molar-refractivity contribution in [3.63, 3.8) is 0 Å². The predicted molar refractivity (Wildman–Crippen MR) is 133 cm³/mol. The van der Waals surface area contributed by atoms with Crippen LogP contribution in [-0.2, 0) is 6.42 Å². The number of nitrogens with one attached hydrogen (secondary N) is 2. The molecule has 1 aliphatic heterocycles. The summed E-state index contributed by atoms with van der Waals surface area (Å²) in [5, 5.41) is 11.1. The summed E-state index contributed by atoms with van der Waals surface area (Å²) < 4.78 is 15.7. The van der Waals surface area contributed by atoms with Gasteiger partial charge in [-0.1, -0.05) is 24.3 Å². The van der Waals surface area contributed by atoms with Gasteiger partial charge in [0.15, 0.2) is 5.78 Å². The third kappa shape index (κ3) is 5.56. The Kier molecular flexibility index (Phi) is 7.47. The largest absolute Gasteiger partial charge is 0.357 e. The first kappa shape index (κ1) is 23.8. The van der Waals surface area contributed by atoms with Crippen LogP contribution in [-0.4, -0.2) is 40.5 Å². The molecule has 3 aromatic rings. The van der Waals surface area contributed by atoms with E-state index in [-0.39, 0.29) is 17.8 Å². The Morgan fingerprint density at radius 3 is 2.50 bits per heavy atom. The SMILES string of the molecule is N=C(c1ccc(C(=O)Cc2ccccc2C(=O)Nc2ccc(Br)cn2)c(F)c1)N1CCCCC1. The van der Waals surface area contributed by atoms with Crippen LogP contribution in [0.4, 0.5) is 10.2 Å². The van der Waals surface area contributed by atoms with Gasteiger partial charge < -0.3 is 10.2 Å². The van der Waals surface area contributed by atoms with Gasteiger partial charge in [0.05, 0.1) is 5.56 Å². The summed E-state index contributed by atoms with van der Waals surface area (Å²) in [6, 6.07) is 14.5. The molecule has 0 bridgehead atoms. The van der Waals surface area contributed by atoms with Crippen LogP contribution >= 0.6 is 15.9 Å². The molecule has 0 aliphatic carbocycles. The molecule has 8 heteroatoms. The minimum atomic E-state index is -0.662. The van der Waals surface area contributed by atoms with E-state index in [0.717, 1.165) is 36.8 Å². The van der Waals surface area contributed by atoms with E-state index in [2.05, 4.69) is 26.2 Å². The van der Waals surface area contributed by atoms with Crippen molar-refractivity contribution in [2.24, 2.45) is 0 Å². The highest BCUT2D eigenvalue weighted by atomic mass is 79.9. The minimum absolute atomic E-state index is 0.0556. The number of benzene rings is 2. The summed E-state index contributed by atoms with van der Waals surface area (Å²) in [6.45, 7) is 1.57. The number of anilines is 1. The van der Waals surface area contributed by atoms with Gasteiger partial charge in [-0.15, -0.1) is 0 Å². The highest BCUT2D eigenvalue weighted by molar-refractivity contribution is 9.10. The molecular weight excluding hydrogens is 499 g/mol. The molecule has 0 spiro atoms. The predicted octanol–water partition coefficient (Wildman–Crippen LogP) is 5.47. The molecule has 1 saturated heterocycles. The fraction of sp³-hybridized carbons (Fsp3) is 0.231. The molecule has 0 atom stereocenters. The molecule has 34 heavy (non-hydrogen) atoms. The lowest BCUT2D eigenvalue weighted by Gasteiger charge is -2.29. The lowest BCUT2D eigenvalue weighted by Crippen LogP contribution is -2.35. The molecule has 2 heterocycles. The Balaban J connectivity index is 1.49. The Morgan fingerprint density at radius 1 is 1.03 bits per heavy atom. The van der Waals surface area contributed by atoms with E-state index in [1.165, 1.54) is 12.1 Å². The number of halogens is 2. The zero-order chi connectivity index (χ0) is 24.1. The van der Waals surface area contributed by atoms with Crippen molar-refractivity contribution >= 4 is 39.3 Å². The number of aromatic nitrogens is 1. The molecule has 0 radical (unpaired) electrons. The average Bonchev–Trinajstić information content (AvgIpc) is 2.85. The third-order valence-corrected chi connectivity index (χ3v) is 6.27. The molecular formula is C26H24BrFN4O2. The van der Waals surface area contributed by atoms with Crippen LogP contribution in [0, 0.1) is 11.2 Å². The van der Waals surface area contributed by atoms with Gasteiger partial charge in [0.1, 0.15) is 17.5 Å². The molecule has 1 fully saturated rings. The van der Waals surface area contributed by atoms with Crippen molar-refractivity contribution in [3.8, 4) is 0 Å². The van der Waals surface area contributed by atoms with E-state index in [9.17, 15) is 14.0 Å². The first-order chi connectivity index (χ1) is 16.4. The van der Waals surface area contributed by atoms with Gasteiger partial charge in [-0.3, -0.25) is 15.0 Å². The van der Waals surface area contributed by atoms with Gasteiger partial charge in [0, 0.05) is 41.3 Å². The van der Waals surface area contributed by atoms with Crippen molar-refractivity contribution in [1.29, 1.82) is 5.41 Å². The number of piperidine rings is 1. The van der Waals surface area contributed by atoms with Crippen LogP contribution in [0.5, 0.6) is 0 Å². The summed E-state index contributed by atoms with van der Waals surface area (Å²) in [4.78, 5) is 31.8. The molecule has 6 nitrogen and oxygen atoms in total. The highest BCUT2D eigenvalue weighted by Crippen LogP contribution is 2.20. The van der Waals surface area contributed by atoms with Gasteiger partial charge >= 0.3 is 0 Å². The molecule has 2 N–H and O–H groups in total. The topological polar surface area (TPSA) is 86.1 Å². The van der Waals surface area contributed by atoms with Gasteiger partial charge in [0.25, 0.3) is 5.91 Å². The maximum atomic E-state index is 14.9. The van der Waals surface area contributed by atoms with Crippen LogP contribution in [0.15, 0.2) is 65.3 Å². The molecule has 1 amide bonds. The van der Waals surface area contributed by atoms with Crippen molar-refractivity contribution in [1.82, 2.24) is 9.88 Å². The number of hydrogen-bond acceptors (Lipinski definition) is 4. The normalized spacial score (nSPS) is 13.4. The zero-order valence-electron chi connectivity index (χ0n) is 18.5. The molecule has 0 unspecified atom stereocenters. The maximum Gasteiger partial charge on any atom is 0.257 e. The van der Waals surface area contributed by atoms with Crippen molar-refractivity contribution in [2.45, 2.75) is 25.7 Å². The summed E-state index contributed by atoms with van der Waals surface area (Å²) in [6.07, 6.45) is 4.63. The number of amidine groups is 1. The number of rotatable bonds is 6. The van der Waals surface area contributed by atoms with Crippen molar-refractivity contribution in [2.75, 3.05) is 18.4 Å². The number of hydrogen-bond donors (Lipinski definition) is 2. The summed E-state index contributed by atoms with van der Waals surface area (Å²) in [5.41, 5.74) is 1.22. The Hall–Kier alpha value is -3.39. The fourth-order valence-corrected chi connectivity index (χ4v) is 4.22. The number of carbonyl (C=O) groups is 2. The van der Waals surface area contributed by atoms with E-state index < -0.39 is 17.5 Å². The Bertz CT molecular complexity index is 1220. The van der Waals surface area contributed by atoms with E-state index in [1.807, 2.05) is 4.90 Å². The standard InChI is InChI=1S/C26H24BrFN4O2/c27-19-9-11-24(30-16-19)31-26(34)20-7-3-2-6-17(20)15-23(33)21-10-8-18(14-22(21)28)25(29)32-12-4-1-5-13-32/h2-3,6-11,14,16,29H,1,4-5,12-13,15H2,(H,30,31,34). The number of amides is 1. The first-order valence-corrected chi connectivity index (χ1v) is 11.9. The molecule has 4 rings (SSSR count). The third-order valence-electron chi connectivity index (χ3n) is 5.80. The van der Waals surface area contributed by atoms with E-state index >= 15 is 0 Å². The number of nitrogens with zero attached hydrogens (tertiary/aromatic N) is 2. The number of carbonyl (C=O) groups excluding carboxylic acids is 2. The van der Waals surface area contributed by atoms with Crippen molar-refractivity contribution < 1.29 is 14.0 Å². The maximum absolute atomic E-state index is 14.9. The number of likely N-dealkylation sites (tertiary alicyclic amines) is 1. The second-order valence-electron chi connectivity index (χ2n) is 8.16. The average molecular weight is 523 g/mol. The quantitative estimate of drug-likeness (QED) is 0.255. The van der Waals surface area contributed by atoms with Crippen LogP contribution in [0.3, 0.4) is 0 Å². The molecule has 0 saturated carbocycles. The summed E-state index contributed by atoms with van der Waals surface area (Å²) in [7, 11) is 0. The second-order valence-corrected chi connectivity index (χ2v) is 9.08. The lowest BCUT2D eigenvalue weighted by molar-refractivity contribution is 0.0988. The number of ketones is 1. The Morgan fingerprint density at radius 2 is 1.79 bits per heavy atom. The van der Waals surface area contributed by atoms with Crippen molar-refractivity contribution in [3.05, 3.63) is 93.3 Å². The molecule has 174 valence electrons. The minimum Gasteiger partial charge on any atom is -0.357 e. The first-order valence-electron chi connectivity index (χ1n) is 11.1.